The van der Waals surface area contributed by atoms with Gasteiger partial charge in [0, 0.05) is 31.0 Å². The molecule has 0 unspecified atom stereocenters. The Kier molecular flexibility index (Phi) is 4.35. The monoisotopic (exact) mass is 367 g/mol. The lowest BCUT2D eigenvalue weighted by Crippen LogP contribution is -2.36. The van der Waals surface area contributed by atoms with Crippen molar-refractivity contribution < 1.29 is 13.9 Å². The predicted molar refractivity (Wildman–Crippen MR) is 104 cm³/mol. The van der Waals surface area contributed by atoms with Crippen LogP contribution in [-0.2, 0) is 18.3 Å². The van der Waals surface area contributed by atoms with Gasteiger partial charge in [-0.1, -0.05) is 0 Å². The minimum absolute atomic E-state index is 0.115. The molecule has 0 fully saturated rings. The topological polar surface area (TPSA) is 76.7 Å². The van der Waals surface area contributed by atoms with Gasteiger partial charge < -0.3 is 19.4 Å². The number of nitrogens with one attached hydrogen (secondary N) is 1. The first-order chi connectivity index (χ1) is 13.0. The zero-order valence-corrected chi connectivity index (χ0v) is 15.3. The van der Waals surface area contributed by atoms with Crippen LogP contribution in [0.1, 0.15) is 12.0 Å². The van der Waals surface area contributed by atoms with Gasteiger partial charge in [-0.25, -0.2) is 4.79 Å². The number of hydrogen-bond donors (Lipinski definition) is 1. The summed E-state index contributed by atoms with van der Waals surface area (Å²) in [7, 11) is 3.30. The van der Waals surface area contributed by atoms with E-state index >= 15 is 0 Å². The Morgan fingerprint density at radius 1 is 1.26 bits per heavy atom. The molecule has 0 aliphatic carbocycles. The van der Waals surface area contributed by atoms with E-state index in [0.29, 0.717) is 16.8 Å². The molecule has 2 aromatic carbocycles. The molecule has 1 N–H and O–H groups in total. The van der Waals surface area contributed by atoms with Gasteiger partial charge in [0.25, 0.3) is 0 Å². The first-order valence-electron chi connectivity index (χ1n) is 8.86. The molecule has 0 spiro atoms. The second-order valence-corrected chi connectivity index (χ2v) is 6.68. The van der Waals surface area contributed by atoms with Crippen molar-refractivity contribution in [3.63, 3.8) is 0 Å². The molecule has 1 aromatic heterocycles. The fraction of sp³-hybridized carbons (Fsp3) is 0.300. The number of fused-ring (bicyclic) bond motifs is 2. The molecule has 0 atom stereocenters. The summed E-state index contributed by atoms with van der Waals surface area (Å²) in [6, 6.07) is 11.2. The van der Waals surface area contributed by atoms with Crippen LogP contribution in [0.2, 0.25) is 0 Å². The quantitative estimate of drug-likeness (QED) is 0.767. The number of aromatic nitrogens is 1. The molecule has 0 bridgehead atoms. The first kappa shape index (κ1) is 17.2. The van der Waals surface area contributed by atoms with E-state index in [9.17, 15) is 9.59 Å². The van der Waals surface area contributed by atoms with E-state index in [2.05, 4.69) is 10.2 Å². The minimum Gasteiger partial charge on any atom is -0.497 e. The highest BCUT2D eigenvalue weighted by Crippen LogP contribution is 2.30. The van der Waals surface area contributed by atoms with Crippen molar-refractivity contribution in [1.29, 1.82) is 0 Å². The summed E-state index contributed by atoms with van der Waals surface area (Å²) in [4.78, 5) is 26.2. The lowest BCUT2D eigenvalue weighted by atomic mass is 10.0. The normalized spacial score (nSPS) is 13.5. The van der Waals surface area contributed by atoms with Crippen LogP contribution in [-0.4, -0.2) is 30.7 Å². The Morgan fingerprint density at radius 3 is 2.93 bits per heavy atom. The number of methoxy groups -OCH3 is 1. The second kappa shape index (κ2) is 6.83. The highest BCUT2D eigenvalue weighted by atomic mass is 16.5. The SMILES string of the molecule is COc1ccc2c(c1)CCCN2CC(=O)Nc1ccc2c(c1)oc(=O)n2C. The van der Waals surface area contributed by atoms with E-state index in [0.717, 1.165) is 30.8 Å². The van der Waals surface area contributed by atoms with Gasteiger partial charge in [0.1, 0.15) is 5.75 Å². The number of amides is 1. The molecular formula is C20H21N3O4. The number of carbonyl (C=O) groups excluding carboxylic acids is 1. The van der Waals surface area contributed by atoms with Gasteiger partial charge in [0.2, 0.25) is 5.91 Å². The maximum absolute atomic E-state index is 12.5. The van der Waals surface area contributed by atoms with Crippen LogP contribution in [0.25, 0.3) is 11.1 Å². The van der Waals surface area contributed by atoms with Crippen molar-refractivity contribution in [1.82, 2.24) is 4.57 Å². The summed E-state index contributed by atoms with van der Waals surface area (Å²) in [6.07, 6.45) is 1.98. The molecule has 1 amide bonds. The first-order valence-corrected chi connectivity index (χ1v) is 8.86. The minimum atomic E-state index is -0.422. The van der Waals surface area contributed by atoms with Crippen molar-refractivity contribution in [2.24, 2.45) is 7.05 Å². The van der Waals surface area contributed by atoms with Gasteiger partial charge >= 0.3 is 5.76 Å². The lowest BCUT2D eigenvalue weighted by molar-refractivity contribution is -0.115. The third-order valence-corrected chi connectivity index (χ3v) is 4.91. The highest BCUT2D eigenvalue weighted by Gasteiger charge is 2.20. The van der Waals surface area contributed by atoms with E-state index in [-0.39, 0.29) is 12.5 Å². The highest BCUT2D eigenvalue weighted by molar-refractivity contribution is 5.95. The van der Waals surface area contributed by atoms with Gasteiger partial charge in [0.05, 0.1) is 19.2 Å². The smallest absolute Gasteiger partial charge is 0.419 e. The summed E-state index contributed by atoms with van der Waals surface area (Å²) >= 11 is 0. The Hall–Kier alpha value is -3.22. The predicted octanol–water partition coefficient (Wildman–Crippen LogP) is 2.53. The van der Waals surface area contributed by atoms with Gasteiger partial charge in [-0.05, 0) is 48.7 Å². The third kappa shape index (κ3) is 3.28. The zero-order valence-electron chi connectivity index (χ0n) is 15.3. The molecule has 3 aromatic rings. The molecule has 140 valence electrons. The number of ether oxygens (including phenoxy) is 1. The molecule has 0 saturated heterocycles. The van der Waals surface area contributed by atoms with Gasteiger partial charge in [0.15, 0.2) is 5.58 Å². The van der Waals surface area contributed by atoms with E-state index in [1.807, 2.05) is 18.2 Å². The Morgan fingerprint density at radius 2 is 2.11 bits per heavy atom. The van der Waals surface area contributed by atoms with Gasteiger partial charge in [-0.15, -0.1) is 0 Å². The summed E-state index contributed by atoms with van der Waals surface area (Å²) < 4.78 is 11.9. The molecule has 7 heteroatoms. The van der Waals surface area contributed by atoms with E-state index < -0.39 is 5.76 Å². The average Bonchev–Trinajstić information content (AvgIpc) is 2.95. The number of carbonyl (C=O) groups is 1. The Balaban J connectivity index is 1.50. The van der Waals surface area contributed by atoms with Gasteiger partial charge in [-0.3, -0.25) is 9.36 Å². The number of benzene rings is 2. The third-order valence-electron chi connectivity index (χ3n) is 4.91. The summed E-state index contributed by atoms with van der Waals surface area (Å²) in [5.41, 5.74) is 4.02. The van der Waals surface area contributed by atoms with Crippen LogP contribution >= 0.6 is 0 Å². The number of anilines is 2. The van der Waals surface area contributed by atoms with E-state index in [4.69, 9.17) is 9.15 Å². The van der Waals surface area contributed by atoms with Crippen molar-refractivity contribution in [3.8, 4) is 5.75 Å². The van der Waals surface area contributed by atoms with Crippen LogP contribution in [0.5, 0.6) is 5.75 Å². The maximum atomic E-state index is 12.5. The molecular weight excluding hydrogens is 346 g/mol. The molecule has 0 radical (unpaired) electrons. The summed E-state index contributed by atoms with van der Waals surface area (Å²) in [6.45, 7) is 1.09. The maximum Gasteiger partial charge on any atom is 0.419 e. The van der Waals surface area contributed by atoms with E-state index in [1.54, 1.807) is 32.4 Å². The van der Waals surface area contributed by atoms with Crippen molar-refractivity contribution in [2.75, 3.05) is 30.4 Å². The average molecular weight is 367 g/mol. The van der Waals surface area contributed by atoms with Crippen LogP contribution in [0.3, 0.4) is 0 Å². The fourth-order valence-corrected chi connectivity index (χ4v) is 3.53. The van der Waals surface area contributed by atoms with E-state index in [1.165, 1.54) is 10.1 Å². The number of aryl methyl sites for hydroxylation is 2. The summed E-state index contributed by atoms with van der Waals surface area (Å²) in [5, 5.41) is 2.89. The Bertz CT molecular complexity index is 1070. The number of hydrogen-bond acceptors (Lipinski definition) is 5. The largest absolute Gasteiger partial charge is 0.497 e. The second-order valence-electron chi connectivity index (χ2n) is 6.68. The molecule has 1 aliphatic rings. The molecule has 0 saturated carbocycles. The van der Waals surface area contributed by atoms with Crippen LogP contribution in [0.4, 0.5) is 11.4 Å². The Labute approximate surface area is 156 Å². The van der Waals surface area contributed by atoms with Crippen LogP contribution in [0.15, 0.2) is 45.6 Å². The number of nitrogens with zero attached hydrogens (tertiary/aromatic N) is 2. The van der Waals surface area contributed by atoms with Crippen LogP contribution < -0.4 is 20.7 Å². The van der Waals surface area contributed by atoms with Crippen molar-refractivity contribution >= 4 is 28.4 Å². The van der Waals surface area contributed by atoms with Gasteiger partial charge in [-0.2, -0.15) is 0 Å². The lowest BCUT2D eigenvalue weighted by Gasteiger charge is -2.31. The zero-order chi connectivity index (χ0) is 19.0. The fourth-order valence-electron chi connectivity index (χ4n) is 3.53. The van der Waals surface area contributed by atoms with Crippen molar-refractivity contribution in [2.45, 2.75) is 12.8 Å². The molecule has 2 heterocycles. The molecule has 27 heavy (non-hydrogen) atoms. The number of rotatable bonds is 4. The molecule has 7 nitrogen and oxygen atoms in total. The molecule has 1 aliphatic heterocycles. The van der Waals surface area contributed by atoms with Crippen molar-refractivity contribution in [3.05, 3.63) is 52.5 Å². The summed E-state index contributed by atoms with van der Waals surface area (Å²) in [5.74, 6) is 0.294. The molecule has 4 rings (SSSR count). The number of oxazole rings is 1. The van der Waals surface area contributed by atoms with Crippen LogP contribution in [0, 0.1) is 0 Å². The standard InChI is InChI=1S/C20H21N3O4/c1-22-17-7-5-14(11-18(17)27-20(22)25)21-19(24)12-23-9-3-4-13-10-15(26-2)6-8-16(13)23/h5-8,10-11H,3-4,9,12H2,1-2H3,(H,21,24).